The number of rotatable bonds is 1. The van der Waals surface area contributed by atoms with Gasteiger partial charge < -0.3 is 20.3 Å². The zero-order valence-electron chi connectivity index (χ0n) is 12.3. The van der Waals surface area contributed by atoms with Crippen LogP contribution in [0.2, 0.25) is 0 Å². The maximum atomic E-state index is 12.8. The fourth-order valence-corrected chi connectivity index (χ4v) is 4.13. The molecule has 0 bridgehead atoms. The summed E-state index contributed by atoms with van der Waals surface area (Å²) >= 11 is 0. The summed E-state index contributed by atoms with van der Waals surface area (Å²) in [6.45, 7) is 4.50. The highest BCUT2D eigenvalue weighted by atomic mass is 16.8. The third-order valence-corrected chi connectivity index (χ3v) is 5.30. The van der Waals surface area contributed by atoms with E-state index < -0.39 is 11.8 Å². The zero-order valence-corrected chi connectivity index (χ0v) is 12.3. The number of fused-ring (bicyclic) bond motifs is 3. The quantitative estimate of drug-likeness (QED) is 0.430. The van der Waals surface area contributed by atoms with Crippen molar-refractivity contribution in [2.45, 2.75) is 31.5 Å². The van der Waals surface area contributed by atoms with Crippen molar-refractivity contribution < 1.29 is 29.0 Å². The van der Waals surface area contributed by atoms with E-state index >= 15 is 0 Å². The van der Waals surface area contributed by atoms with E-state index in [2.05, 4.69) is 9.79 Å². The Kier molecular flexibility index (Phi) is 2.94. The molecule has 4 rings (SSSR count). The number of morpholine rings is 1. The average Bonchev–Trinajstić information content (AvgIpc) is 2.99. The van der Waals surface area contributed by atoms with E-state index in [-0.39, 0.29) is 11.6 Å². The van der Waals surface area contributed by atoms with Crippen LogP contribution < -0.4 is 9.80 Å². The summed E-state index contributed by atoms with van der Waals surface area (Å²) in [6.07, 6.45) is 0.309. The minimum absolute atomic E-state index is 0.201. The summed E-state index contributed by atoms with van der Waals surface area (Å²) in [6, 6.07) is 0. The SMILES string of the molecule is C[C@@H]1[C@@H]([NH+]2CCOCC2)[N+]([O-])=C2CCc3c(no[n+]3[O-])[C@@]21O. The molecule has 0 aromatic carbocycles. The van der Waals surface area contributed by atoms with Crippen LogP contribution in [0, 0.1) is 16.3 Å². The normalized spacial score (nSPS) is 35.5. The van der Waals surface area contributed by atoms with Gasteiger partial charge in [0.2, 0.25) is 17.0 Å². The van der Waals surface area contributed by atoms with E-state index in [1.54, 1.807) is 0 Å². The van der Waals surface area contributed by atoms with Crippen molar-refractivity contribution in [1.82, 2.24) is 5.16 Å². The van der Waals surface area contributed by atoms with Gasteiger partial charge in [0, 0.05) is 18.0 Å². The van der Waals surface area contributed by atoms with Crippen LogP contribution >= 0.6 is 0 Å². The Morgan fingerprint density at radius 1 is 1.32 bits per heavy atom. The summed E-state index contributed by atoms with van der Waals surface area (Å²) in [5.74, 6) is -0.378. The smallest absolute Gasteiger partial charge is 0.294 e. The topological polar surface area (TPSA) is 113 Å². The van der Waals surface area contributed by atoms with Crippen LogP contribution in [0.25, 0.3) is 0 Å². The number of ether oxygens (including phenoxy) is 1. The molecule has 1 saturated heterocycles. The molecule has 22 heavy (non-hydrogen) atoms. The van der Waals surface area contributed by atoms with Crippen LogP contribution in [-0.2, 0) is 16.8 Å². The second-order valence-electron chi connectivity index (χ2n) is 6.27. The van der Waals surface area contributed by atoms with Crippen molar-refractivity contribution in [2.24, 2.45) is 5.92 Å². The summed E-state index contributed by atoms with van der Waals surface area (Å²) in [7, 11) is 0. The van der Waals surface area contributed by atoms with Gasteiger partial charge in [-0.2, -0.15) is 4.74 Å². The molecule has 3 aliphatic rings. The van der Waals surface area contributed by atoms with E-state index in [0.29, 0.717) is 42.4 Å². The van der Waals surface area contributed by atoms with Gasteiger partial charge in [-0.3, -0.25) is 9.53 Å². The molecule has 1 aromatic heterocycles. The first kappa shape index (κ1) is 13.9. The molecule has 2 N–H and O–H groups in total. The lowest BCUT2D eigenvalue weighted by atomic mass is 9.76. The zero-order chi connectivity index (χ0) is 15.5. The van der Waals surface area contributed by atoms with Crippen LogP contribution in [0.3, 0.4) is 0 Å². The average molecular weight is 311 g/mol. The molecule has 3 atom stereocenters. The lowest BCUT2D eigenvalue weighted by Gasteiger charge is -2.31. The predicted molar refractivity (Wildman–Crippen MR) is 70.8 cm³/mol. The lowest BCUT2D eigenvalue weighted by molar-refractivity contribution is -1.01. The van der Waals surface area contributed by atoms with Crippen LogP contribution in [0.15, 0.2) is 4.63 Å². The van der Waals surface area contributed by atoms with Gasteiger partial charge in [-0.15, -0.1) is 0 Å². The largest absolute Gasteiger partial charge is 0.619 e. The predicted octanol–water partition coefficient (Wildman–Crippen LogP) is -2.72. The molecule has 3 heterocycles. The highest BCUT2D eigenvalue weighted by molar-refractivity contribution is 5.92. The fraction of sp³-hybridized carbons (Fsp3) is 0.769. The molecular formula is C13H19N4O5+. The van der Waals surface area contributed by atoms with Crippen molar-refractivity contribution in [3.05, 3.63) is 21.8 Å². The number of aromatic nitrogens is 2. The summed E-state index contributed by atoms with van der Waals surface area (Å²) in [5.41, 5.74) is -0.591. The van der Waals surface area contributed by atoms with Gasteiger partial charge in [-0.05, 0) is 11.8 Å². The van der Waals surface area contributed by atoms with Crippen LogP contribution in [0.4, 0.5) is 0 Å². The van der Waals surface area contributed by atoms with Gasteiger partial charge in [-0.1, -0.05) is 0 Å². The van der Waals surface area contributed by atoms with E-state index in [1.165, 1.54) is 0 Å². The van der Waals surface area contributed by atoms with Crippen molar-refractivity contribution in [3.8, 4) is 0 Å². The van der Waals surface area contributed by atoms with Crippen LogP contribution in [-0.4, -0.2) is 53.2 Å². The summed E-state index contributed by atoms with van der Waals surface area (Å²) in [5, 5.41) is 39.4. The number of hydroxylamine groups is 1. The Bertz CT molecular complexity index is 638. The number of aliphatic hydroxyl groups is 1. The Morgan fingerprint density at radius 2 is 2.05 bits per heavy atom. The van der Waals surface area contributed by atoms with Crippen LogP contribution in [0.1, 0.15) is 24.7 Å². The molecule has 0 unspecified atom stereocenters. The first-order valence-corrected chi connectivity index (χ1v) is 7.61. The number of nitrogens with one attached hydrogen (secondary N) is 1. The molecule has 0 radical (unpaired) electrons. The lowest BCUT2D eigenvalue weighted by Crippen LogP contribution is -3.19. The molecule has 0 saturated carbocycles. The first-order chi connectivity index (χ1) is 10.5. The molecule has 1 fully saturated rings. The number of hydrogen-bond donors (Lipinski definition) is 2. The van der Waals surface area contributed by atoms with Crippen molar-refractivity contribution in [3.63, 3.8) is 0 Å². The number of hydrogen-bond acceptors (Lipinski definition) is 6. The molecule has 1 aromatic rings. The molecule has 120 valence electrons. The molecule has 2 aliphatic heterocycles. The highest BCUT2D eigenvalue weighted by Crippen LogP contribution is 2.42. The van der Waals surface area contributed by atoms with Crippen molar-refractivity contribution in [1.29, 1.82) is 0 Å². The van der Waals surface area contributed by atoms with Gasteiger partial charge in [0.25, 0.3) is 11.9 Å². The molecule has 9 heteroatoms. The molecule has 9 nitrogen and oxygen atoms in total. The van der Waals surface area contributed by atoms with E-state index in [4.69, 9.17) is 4.74 Å². The molecule has 0 amide bonds. The Labute approximate surface area is 126 Å². The first-order valence-electron chi connectivity index (χ1n) is 7.61. The van der Waals surface area contributed by atoms with E-state index in [0.717, 1.165) is 22.7 Å². The standard InChI is InChI=1S/C13H18N4O5/c1-8-12(15-4-6-21-7-5-15)16(19)10-3-2-9-11(13(8,10)18)14-22-17(9)20/h8,12,18H,2-7H2,1H3/p+1/t8-,12+,13+/m1/s1. The van der Waals surface area contributed by atoms with E-state index in [1.807, 2.05) is 6.92 Å². The highest BCUT2D eigenvalue weighted by Gasteiger charge is 2.67. The van der Waals surface area contributed by atoms with Crippen molar-refractivity contribution in [2.75, 3.05) is 26.3 Å². The minimum atomic E-state index is -1.51. The van der Waals surface area contributed by atoms with Gasteiger partial charge in [0.1, 0.15) is 19.0 Å². The Hall–Kier alpha value is -1.71. The monoisotopic (exact) mass is 311 g/mol. The second kappa shape index (κ2) is 4.64. The maximum absolute atomic E-state index is 12.8. The second-order valence-corrected chi connectivity index (χ2v) is 6.27. The van der Waals surface area contributed by atoms with Crippen molar-refractivity contribution >= 4 is 5.71 Å². The van der Waals surface area contributed by atoms with Gasteiger partial charge in [-0.25, -0.2) is 0 Å². The van der Waals surface area contributed by atoms with Gasteiger partial charge in [0.15, 0.2) is 0 Å². The Morgan fingerprint density at radius 3 is 2.77 bits per heavy atom. The summed E-state index contributed by atoms with van der Waals surface area (Å²) < 4.78 is 10.9. The molecule has 0 spiro atoms. The summed E-state index contributed by atoms with van der Waals surface area (Å²) in [4.78, 5) is 1.44. The molecule has 1 aliphatic carbocycles. The van der Waals surface area contributed by atoms with Gasteiger partial charge >= 0.3 is 0 Å². The maximum Gasteiger partial charge on any atom is 0.294 e. The minimum Gasteiger partial charge on any atom is -0.619 e. The third-order valence-electron chi connectivity index (χ3n) is 5.30. The van der Waals surface area contributed by atoms with E-state index in [9.17, 15) is 15.5 Å². The number of quaternary nitrogens is 1. The van der Waals surface area contributed by atoms with Crippen LogP contribution in [0.5, 0.6) is 0 Å². The third kappa shape index (κ3) is 1.61. The number of nitrogens with zero attached hydrogens (tertiary/aromatic N) is 3. The van der Waals surface area contributed by atoms with Gasteiger partial charge in [0.05, 0.1) is 13.2 Å². The fourth-order valence-electron chi connectivity index (χ4n) is 4.13. The molecular weight excluding hydrogens is 292 g/mol. The Balaban J connectivity index is 1.78.